The van der Waals surface area contributed by atoms with Crippen LogP contribution in [-0.2, 0) is 16.0 Å². The Bertz CT molecular complexity index is 784. The fourth-order valence-electron chi connectivity index (χ4n) is 3.24. The molecule has 0 spiro atoms. The van der Waals surface area contributed by atoms with Gasteiger partial charge in [-0.25, -0.2) is 4.98 Å². The molecule has 27 heavy (non-hydrogen) atoms. The van der Waals surface area contributed by atoms with Crippen molar-refractivity contribution in [2.75, 3.05) is 4.93 Å². The summed E-state index contributed by atoms with van der Waals surface area (Å²) in [7, 11) is 0. The van der Waals surface area contributed by atoms with Crippen LogP contribution in [0.4, 0.5) is 0 Å². The molecule has 0 aliphatic heterocycles. The molecule has 1 heterocycles. The number of aryl methyl sites for hydroxylation is 1. The first kappa shape index (κ1) is 23.7. The van der Waals surface area contributed by atoms with Gasteiger partial charge in [-0.3, -0.25) is 14.4 Å². The molecule has 0 bridgehead atoms. The van der Waals surface area contributed by atoms with E-state index >= 15 is 0 Å². The van der Waals surface area contributed by atoms with Crippen LogP contribution in [0, 0.1) is 0 Å². The quantitative estimate of drug-likeness (QED) is 0.267. The second kappa shape index (κ2) is 11.5. The molecule has 3 aliphatic rings. The van der Waals surface area contributed by atoms with Gasteiger partial charge >= 0.3 is 0 Å². The van der Waals surface area contributed by atoms with Crippen LogP contribution in [0.3, 0.4) is 0 Å². The SMILES string of the molecule is C.CI.O=C1C=CC2=C(CCCC2=O)C1.O=C1CCCc2nc(Cl)ccc21. The lowest BCUT2D eigenvalue weighted by atomic mass is 9.85. The van der Waals surface area contributed by atoms with Crippen LogP contribution in [-0.4, -0.2) is 27.3 Å². The third kappa shape index (κ3) is 6.35. The van der Waals surface area contributed by atoms with Crippen LogP contribution in [0.25, 0.3) is 0 Å². The molecule has 3 aliphatic carbocycles. The standard InChI is InChI=1S/C10H10O2.C9H8ClNO.CH3I.CH4/c11-8-4-5-9-7(6-8)2-1-3-10(9)12;10-9-5-4-6-7(11-9)2-1-3-8(6)12;1-2;/h4-5H,1-3,6H2;4-5H,1-3H2;1H3;1H4. The molecule has 0 unspecified atom stereocenters. The highest BCUT2D eigenvalue weighted by Crippen LogP contribution is 2.28. The first-order valence-electron chi connectivity index (χ1n) is 8.57. The number of pyridine rings is 1. The van der Waals surface area contributed by atoms with Crippen LogP contribution in [0.2, 0.25) is 5.15 Å². The normalized spacial score (nSPS) is 17.5. The van der Waals surface area contributed by atoms with Gasteiger partial charge in [0.2, 0.25) is 0 Å². The Kier molecular flexibility index (Phi) is 10.1. The Morgan fingerprint density at radius 2 is 1.59 bits per heavy atom. The van der Waals surface area contributed by atoms with Gasteiger partial charge in [0, 0.05) is 30.4 Å². The number of rotatable bonds is 0. The number of alkyl halides is 1. The summed E-state index contributed by atoms with van der Waals surface area (Å²) in [6, 6.07) is 3.44. The third-order valence-corrected chi connectivity index (χ3v) is 4.66. The first-order chi connectivity index (χ1) is 12.5. The number of fused-ring (bicyclic) bond motifs is 1. The highest BCUT2D eigenvalue weighted by molar-refractivity contribution is 14.1. The van der Waals surface area contributed by atoms with E-state index < -0.39 is 0 Å². The first-order valence-corrected chi connectivity index (χ1v) is 11.1. The van der Waals surface area contributed by atoms with Crippen molar-refractivity contribution in [3.05, 3.63) is 51.8 Å². The van der Waals surface area contributed by atoms with E-state index in [-0.39, 0.29) is 24.8 Å². The van der Waals surface area contributed by atoms with E-state index in [0.29, 0.717) is 24.4 Å². The summed E-state index contributed by atoms with van der Waals surface area (Å²) >= 11 is 7.85. The monoisotopic (exact) mass is 501 g/mol. The zero-order valence-electron chi connectivity index (χ0n) is 14.7. The van der Waals surface area contributed by atoms with E-state index in [1.54, 1.807) is 18.2 Å². The number of hydrogen-bond donors (Lipinski definition) is 0. The Hall–Kier alpha value is -1.34. The Balaban J connectivity index is 0.000000239. The van der Waals surface area contributed by atoms with Crippen LogP contribution >= 0.6 is 34.2 Å². The number of hydrogen-bond acceptors (Lipinski definition) is 4. The number of carbonyl (C=O) groups excluding carboxylic acids is 3. The third-order valence-electron chi connectivity index (χ3n) is 4.45. The molecular weight excluding hydrogens is 477 g/mol. The molecule has 1 aromatic rings. The fourth-order valence-corrected chi connectivity index (χ4v) is 3.40. The molecule has 0 saturated heterocycles. The van der Waals surface area contributed by atoms with E-state index in [1.165, 1.54) is 6.08 Å². The van der Waals surface area contributed by atoms with E-state index in [0.717, 1.165) is 48.1 Å². The molecule has 6 heteroatoms. The highest BCUT2D eigenvalue weighted by atomic mass is 127. The van der Waals surface area contributed by atoms with E-state index in [1.807, 2.05) is 4.93 Å². The molecule has 146 valence electrons. The van der Waals surface area contributed by atoms with Crippen molar-refractivity contribution >= 4 is 51.5 Å². The maximum Gasteiger partial charge on any atom is 0.164 e. The van der Waals surface area contributed by atoms with Crippen LogP contribution in [0.1, 0.15) is 62.0 Å². The van der Waals surface area contributed by atoms with Crippen LogP contribution < -0.4 is 0 Å². The average molecular weight is 502 g/mol. The van der Waals surface area contributed by atoms with Crippen molar-refractivity contribution in [2.45, 2.75) is 52.4 Å². The lowest BCUT2D eigenvalue weighted by molar-refractivity contribution is -0.116. The van der Waals surface area contributed by atoms with Crippen molar-refractivity contribution in [2.24, 2.45) is 0 Å². The van der Waals surface area contributed by atoms with Gasteiger partial charge in [0.15, 0.2) is 17.3 Å². The summed E-state index contributed by atoms with van der Waals surface area (Å²) in [5.74, 6) is 0.531. The number of allylic oxidation sites excluding steroid dienone is 4. The zero-order chi connectivity index (χ0) is 19.1. The van der Waals surface area contributed by atoms with Gasteiger partial charge in [-0.05, 0) is 54.9 Å². The van der Waals surface area contributed by atoms with E-state index in [4.69, 9.17) is 11.6 Å². The second-order valence-corrected chi connectivity index (χ2v) is 6.56. The lowest BCUT2D eigenvalue weighted by Crippen LogP contribution is -2.15. The summed E-state index contributed by atoms with van der Waals surface area (Å²) in [5, 5.41) is 0.475. The maximum atomic E-state index is 11.3. The van der Waals surface area contributed by atoms with Crippen molar-refractivity contribution in [3.63, 3.8) is 0 Å². The molecule has 1 aromatic heterocycles. The van der Waals surface area contributed by atoms with Crippen molar-refractivity contribution in [1.29, 1.82) is 0 Å². The van der Waals surface area contributed by atoms with Crippen LogP contribution in [0.15, 0.2) is 35.4 Å². The minimum Gasteiger partial charge on any atom is -0.294 e. The maximum absolute atomic E-state index is 11.3. The van der Waals surface area contributed by atoms with Gasteiger partial charge in [-0.1, -0.05) is 47.2 Å². The molecule has 0 aromatic carbocycles. The lowest BCUT2D eigenvalue weighted by Gasteiger charge is -2.18. The molecule has 0 amide bonds. The van der Waals surface area contributed by atoms with Crippen molar-refractivity contribution in [1.82, 2.24) is 4.98 Å². The predicted octanol–water partition coefficient (Wildman–Crippen LogP) is 5.51. The van der Waals surface area contributed by atoms with Crippen molar-refractivity contribution < 1.29 is 14.4 Å². The Morgan fingerprint density at radius 1 is 0.926 bits per heavy atom. The smallest absolute Gasteiger partial charge is 0.164 e. The summed E-state index contributed by atoms with van der Waals surface area (Å²) < 4.78 is 0. The summed E-state index contributed by atoms with van der Waals surface area (Å²) in [6.07, 6.45) is 8.59. The fraction of sp³-hybridized carbons (Fsp3) is 0.429. The Morgan fingerprint density at radius 3 is 2.33 bits per heavy atom. The molecule has 4 rings (SSSR count). The van der Waals surface area contributed by atoms with E-state index in [2.05, 4.69) is 27.6 Å². The predicted molar refractivity (Wildman–Crippen MR) is 118 cm³/mol. The van der Waals surface area contributed by atoms with Gasteiger partial charge in [-0.2, -0.15) is 0 Å². The van der Waals surface area contributed by atoms with Gasteiger partial charge in [0.25, 0.3) is 0 Å². The largest absolute Gasteiger partial charge is 0.294 e. The number of nitrogens with zero attached hydrogens (tertiary/aromatic N) is 1. The van der Waals surface area contributed by atoms with Crippen LogP contribution in [0.5, 0.6) is 0 Å². The molecule has 0 radical (unpaired) electrons. The van der Waals surface area contributed by atoms with Gasteiger partial charge in [-0.15, -0.1) is 0 Å². The van der Waals surface area contributed by atoms with E-state index in [9.17, 15) is 14.4 Å². The molecule has 0 N–H and O–H groups in total. The number of Topliss-reactive ketones (excluding diaryl/α,β-unsaturated/α-hetero) is 2. The molecule has 0 fully saturated rings. The highest BCUT2D eigenvalue weighted by Gasteiger charge is 2.22. The topological polar surface area (TPSA) is 64.1 Å². The summed E-state index contributed by atoms with van der Waals surface area (Å²) in [5.41, 5.74) is 3.48. The number of halogens is 2. The number of aromatic nitrogens is 1. The number of ketones is 3. The second-order valence-electron chi connectivity index (χ2n) is 6.18. The summed E-state index contributed by atoms with van der Waals surface area (Å²) in [6.45, 7) is 0. The van der Waals surface area contributed by atoms with Gasteiger partial charge in [0.05, 0.1) is 5.69 Å². The van der Waals surface area contributed by atoms with Gasteiger partial charge in [0.1, 0.15) is 5.15 Å². The molecular formula is C21H25ClINO3. The number of carbonyl (C=O) groups is 3. The molecule has 0 saturated carbocycles. The molecule has 4 nitrogen and oxygen atoms in total. The summed E-state index contributed by atoms with van der Waals surface area (Å²) in [4.78, 5) is 39.7. The zero-order valence-corrected chi connectivity index (χ0v) is 17.6. The van der Waals surface area contributed by atoms with Crippen molar-refractivity contribution in [3.8, 4) is 0 Å². The molecule has 0 atom stereocenters. The Labute approximate surface area is 179 Å². The van der Waals surface area contributed by atoms with Gasteiger partial charge < -0.3 is 0 Å². The average Bonchev–Trinajstić information content (AvgIpc) is 2.64. The minimum absolute atomic E-state index is 0. The minimum atomic E-state index is 0.